The van der Waals surface area contributed by atoms with E-state index < -0.39 is 0 Å². The number of nitrogens with one attached hydrogen (secondary N) is 1. The molecular weight excluding hydrogens is 276 g/mol. The summed E-state index contributed by atoms with van der Waals surface area (Å²) in [5, 5.41) is 0. The normalized spacial score (nSPS) is 17.3. The van der Waals surface area contributed by atoms with Gasteiger partial charge in [-0.05, 0) is 24.5 Å². The van der Waals surface area contributed by atoms with Gasteiger partial charge in [-0.25, -0.2) is 4.98 Å². The SMILES string of the molecule is CC(C)(C)c1cc(=S)nc(C2(c3ccccc3)CCC2)[nH]1. The third-order valence-corrected chi connectivity index (χ3v) is 4.75. The van der Waals surface area contributed by atoms with Gasteiger partial charge in [0.15, 0.2) is 0 Å². The Labute approximate surface area is 131 Å². The lowest BCUT2D eigenvalue weighted by Gasteiger charge is -2.42. The van der Waals surface area contributed by atoms with Crippen LogP contribution in [0.5, 0.6) is 0 Å². The molecule has 1 saturated carbocycles. The average molecular weight is 298 g/mol. The van der Waals surface area contributed by atoms with Crippen molar-refractivity contribution in [1.82, 2.24) is 9.97 Å². The highest BCUT2D eigenvalue weighted by atomic mass is 32.1. The topological polar surface area (TPSA) is 28.7 Å². The Bertz CT molecular complexity index is 691. The Morgan fingerprint density at radius 3 is 2.33 bits per heavy atom. The maximum atomic E-state index is 5.42. The summed E-state index contributed by atoms with van der Waals surface area (Å²) in [7, 11) is 0. The molecule has 1 fully saturated rings. The summed E-state index contributed by atoms with van der Waals surface area (Å²) < 4.78 is 0.691. The molecule has 0 unspecified atom stereocenters. The van der Waals surface area contributed by atoms with Crippen LogP contribution in [0.15, 0.2) is 36.4 Å². The summed E-state index contributed by atoms with van der Waals surface area (Å²) in [6.07, 6.45) is 3.53. The zero-order chi connectivity index (χ0) is 15.1. The van der Waals surface area contributed by atoms with Crippen LogP contribution in [0.2, 0.25) is 0 Å². The molecule has 0 radical (unpaired) electrons. The second-order valence-electron chi connectivity index (χ2n) is 7.03. The third kappa shape index (κ3) is 2.55. The van der Waals surface area contributed by atoms with E-state index in [1.54, 1.807) is 0 Å². The number of benzene rings is 1. The van der Waals surface area contributed by atoms with Gasteiger partial charge >= 0.3 is 0 Å². The van der Waals surface area contributed by atoms with Gasteiger partial charge in [-0.2, -0.15) is 0 Å². The zero-order valence-electron chi connectivity index (χ0n) is 12.9. The highest BCUT2D eigenvalue weighted by Gasteiger charge is 2.42. The van der Waals surface area contributed by atoms with E-state index in [1.807, 2.05) is 6.07 Å². The van der Waals surface area contributed by atoms with Gasteiger partial charge in [0, 0.05) is 11.1 Å². The lowest BCUT2D eigenvalue weighted by Crippen LogP contribution is -2.38. The van der Waals surface area contributed by atoms with Crippen LogP contribution < -0.4 is 0 Å². The van der Waals surface area contributed by atoms with Gasteiger partial charge < -0.3 is 4.98 Å². The van der Waals surface area contributed by atoms with Gasteiger partial charge in [-0.3, -0.25) is 0 Å². The maximum absolute atomic E-state index is 5.42. The van der Waals surface area contributed by atoms with Crippen LogP contribution in [0.3, 0.4) is 0 Å². The Morgan fingerprint density at radius 1 is 1.14 bits per heavy atom. The summed E-state index contributed by atoms with van der Waals surface area (Å²) in [4.78, 5) is 8.27. The molecule has 0 atom stereocenters. The van der Waals surface area contributed by atoms with Gasteiger partial charge in [0.25, 0.3) is 0 Å². The third-order valence-electron chi connectivity index (χ3n) is 4.54. The fourth-order valence-electron chi connectivity index (χ4n) is 3.04. The summed E-state index contributed by atoms with van der Waals surface area (Å²) >= 11 is 5.42. The van der Waals surface area contributed by atoms with Crippen LogP contribution in [-0.4, -0.2) is 9.97 Å². The number of hydrogen-bond donors (Lipinski definition) is 1. The Hall–Kier alpha value is -1.48. The van der Waals surface area contributed by atoms with Gasteiger partial charge in [0.1, 0.15) is 10.5 Å². The smallest absolute Gasteiger partial charge is 0.130 e. The first kappa shape index (κ1) is 14.5. The minimum atomic E-state index is 0.0239. The first-order chi connectivity index (χ1) is 9.92. The molecule has 2 nitrogen and oxygen atoms in total. The summed E-state index contributed by atoms with van der Waals surface area (Å²) in [6, 6.07) is 12.7. The molecule has 3 rings (SSSR count). The van der Waals surface area contributed by atoms with Crippen molar-refractivity contribution in [3.05, 3.63) is 58.1 Å². The van der Waals surface area contributed by atoms with E-state index in [9.17, 15) is 0 Å². The van der Waals surface area contributed by atoms with E-state index >= 15 is 0 Å². The second-order valence-corrected chi connectivity index (χ2v) is 7.45. The second kappa shape index (κ2) is 5.06. The Balaban J connectivity index is 2.15. The van der Waals surface area contributed by atoms with E-state index in [1.165, 1.54) is 17.7 Å². The molecule has 0 saturated heterocycles. The maximum Gasteiger partial charge on any atom is 0.130 e. The zero-order valence-corrected chi connectivity index (χ0v) is 13.8. The summed E-state index contributed by atoms with van der Waals surface area (Å²) in [6.45, 7) is 6.61. The van der Waals surface area contributed by atoms with E-state index in [2.05, 4.69) is 61.1 Å². The van der Waals surface area contributed by atoms with Crippen LogP contribution in [0.25, 0.3) is 0 Å². The van der Waals surface area contributed by atoms with Crippen molar-refractivity contribution in [2.75, 3.05) is 0 Å². The van der Waals surface area contributed by atoms with Gasteiger partial charge in [-0.15, -0.1) is 0 Å². The molecular formula is C18H22N2S. The minimum absolute atomic E-state index is 0.0239. The number of nitrogens with zero attached hydrogens (tertiary/aromatic N) is 1. The molecule has 1 aromatic carbocycles. The van der Waals surface area contributed by atoms with Gasteiger partial charge in [0.05, 0.1) is 5.41 Å². The van der Waals surface area contributed by atoms with E-state index in [-0.39, 0.29) is 10.8 Å². The number of H-pyrrole nitrogens is 1. The van der Waals surface area contributed by atoms with Crippen molar-refractivity contribution >= 4 is 12.2 Å². The van der Waals surface area contributed by atoms with Crippen LogP contribution in [0.4, 0.5) is 0 Å². The highest BCUT2D eigenvalue weighted by Crippen LogP contribution is 2.47. The molecule has 2 aromatic rings. The number of rotatable bonds is 2. The minimum Gasteiger partial charge on any atom is -0.346 e. The molecule has 0 aliphatic heterocycles. The van der Waals surface area contributed by atoms with Crippen molar-refractivity contribution in [3.8, 4) is 0 Å². The molecule has 1 aliphatic carbocycles. The van der Waals surface area contributed by atoms with Crippen LogP contribution in [-0.2, 0) is 10.8 Å². The van der Waals surface area contributed by atoms with Crippen molar-refractivity contribution in [1.29, 1.82) is 0 Å². The van der Waals surface area contributed by atoms with Gasteiger partial charge in [0.2, 0.25) is 0 Å². The van der Waals surface area contributed by atoms with Crippen molar-refractivity contribution in [2.24, 2.45) is 0 Å². The highest BCUT2D eigenvalue weighted by molar-refractivity contribution is 7.71. The van der Waals surface area contributed by atoms with Crippen molar-refractivity contribution in [3.63, 3.8) is 0 Å². The molecule has 1 aliphatic rings. The molecule has 0 spiro atoms. The summed E-state index contributed by atoms with van der Waals surface area (Å²) in [5.41, 5.74) is 2.59. The van der Waals surface area contributed by atoms with E-state index in [4.69, 9.17) is 12.2 Å². The van der Waals surface area contributed by atoms with Crippen LogP contribution >= 0.6 is 12.2 Å². The molecule has 0 bridgehead atoms. The predicted octanol–water partition coefficient (Wildman–Crippen LogP) is 4.91. The van der Waals surface area contributed by atoms with Crippen molar-refractivity contribution in [2.45, 2.75) is 50.9 Å². The van der Waals surface area contributed by atoms with Crippen LogP contribution in [0, 0.1) is 4.64 Å². The van der Waals surface area contributed by atoms with Gasteiger partial charge in [-0.1, -0.05) is 69.7 Å². The van der Waals surface area contributed by atoms with Crippen LogP contribution in [0.1, 0.15) is 57.1 Å². The number of aromatic nitrogens is 2. The van der Waals surface area contributed by atoms with E-state index in [0.29, 0.717) is 4.64 Å². The first-order valence-corrected chi connectivity index (χ1v) is 8.00. The number of hydrogen-bond acceptors (Lipinski definition) is 2. The lowest BCUT2D eigenvalue weighted by molar-refractivity contribution is 0.283. The Morgan fingerprint density at radius 2 is 1.81 bits per heavy atom. The molecule has 1 N–H and O–H groups in total. The first-order valence-electron chi connectivity index (χ1n) is 7.60. The van der Waals surface area contributed by atoms with Crippen molar-refractivity contribution < 1.29 is 0 Å². The van der Waals surface area contributed by atoms with E-state index in [0.717, 1.165) is 18.7 Å². The molecule has 3 heteroatoms. The molecule has 21 heavy (non-hydrogen) atoms. The largest absolute Gasteiger partial charge is 0.346 e. The molecule has 110 valence electrons. The molecule has 1 aromatic heterocycles. The molecule has 1 heterocycles. The molecule has 0 amide bonds. The number of aromatic amines is 1. The standard InChI is InChI=1S/C18H22N2S/c1-17(2,3)14-12-15(21)20-16(19-14)18(10-7-11-18)13-8-5-4-6-9-13/h4-6,8-9,12H,7,10-11H2,1-3H3,(H,19,20,21). The monoisotopic (exact) mass is 298 g/mol. The Kier molecular flexibility index (Phi) is 3.48. The average Bonchev–Trinajstić information content (AvgIpc) is 2.37. The predicted molar refractivity (Wildman–Crippen MR) is 89.2 cm³/mol. The fourth-order valence-corrected chi connectivity index (χ4v) is 3.25. The quantitative estimate of drug-likeness (QED) is 0.798. The fraction of sp³-hybridized carbons (Fsp3) is 0.444. The lowest BCUT2D eigenvalue weighted by atomic mass is 9.63. The summed E-state index contributed by atoms with van der Waals surface area (Å²) in [5.74, 6) is 1.04.